The van der Waals surface area contributed by atoms with Crippen LogP contribution >= 0.6 is 0 Å². The van der Waals surface area contributed by atoms with Crippen LogP contribution in [-0.2, 0) is 14.3 Å². The number of hydrogen-bond donors (Lipinski definition) is 5. The van der Waals surface area contributed by atoms with Gasteiger partial charge in [-0.15, -0.1) is 0 Å². The predicted octanol–water partition coefficient (Wildman–Crippen LogP) is 2.21. The summed E-state index contributed by atoms with van der Waals surface area (Å²) in [6.07, 6.45) is 5.91. The summed E-state index contributed by atoms with van der Waals surface area (Å²) in [7, 11) is 0. The van der Waals surface area contributed by atoms with Crippen LogP contribution < -0.4 is 5.32 Å². The molecule has 0 unspecified atom stereocenters. The fraction of sp³-hybridized carbons (Fsp3) is 0.542. The van der Waals surface area contributed by atoms with Crippen LogP contribution in [0, 0.1) is 22.7 Å². The first-order chi connectivity index (χ1) is 15.5. The van der Waals surface area contributed by atoms with Crippen LogP contribution in [0.3, 0.4) is 0 Å². The normalized spacial score (nSPS) is 37.9. The van der Waals surface area contributed by atoms with E-state index in [1.54, 1.807) is 6.08 Å². The summed E-state index contributed by atoms with van der Waals surface area (Å²) < 4.78 is 6.31. The van der Waals surface area contributed by atoms with Crippen LogP contribution in [0.1, 0.15) is 49.4 Å². The van der Waals surface area contributed by atoms with Crippen molar-refractivity contribution in [1.82, 2.24) is 0 Å². The number of aliphatic hydroxyl groups excluding tert-OH is 1. The molecule has 5 N–H and O–H groups in total. The standard InChI is InChI=1S/C24H27NO8/c1-22(6-5-17(29)25-18-14(27)3-2-13(19(18)30)21(31)32)16(28)4-7-23-9-12-8-15(20(22)23)33-24(12,10-23)11-26/h2-4,7,12,15,20,26-27,30H,5-6,8-11H2,1H3,(H,25,29)(H,31,32)/t12-,15+,20+,22-,23+,24-/m1/s1. The highest BCUT2D eigenvalue weighted by molar-refractivity contribution is 6.00. The third-order valence-electron chi connectivity index (χ3n) is 8.50. The number of aromatic carboxylic acids is 1. The highest BCUT2D eigenvalue weighted by atomic mass is 16.5. The minimum absolute atomic E-state index is 0.0358. The molecule has 1 spiro atoms. The summed E-state index contributed by atoms with van der Waals surface area (Å²) in [5.74, 6) is -3.05. The molecule has 1 amide bonds. The van der Waals surface area contributed by atoms with E-state index in [4.69, 9.17) is 9.84 Å². The van der Waals surface area contributed by atoms with E-state index >= 15 is 0 Å². The van der Waals surface area contributed by atoms with Crippen LogP contribution in [0.2, 0.25) is 0 Å². The number of phenols is 2. The maximum Gasteiger partial charge on any atom is 0.339 e. The Morgan fingerprint density at radius 3 is 2.70 bits per heavy atom. The van der Waals surface area contributed by atoms with Gasteiger partial charge in [0.15, 0.2) is 11.5 Å². The molecular weight excluding hydrogens is 430 g/mol. The van der Waals surface area contributed by atoms with E-state index < -0.39 is 40.0 Å². The Bertz CT molecular complexity index is 1100. The van der Waals surface area contributed by atoms with Crippen molar-refractivity contribution in [1.29, 1.82) is 0 Å². The number of carboxylic acid groups (broad SMARTS) is 1. The predicted molar refractivity (Wildman–Crippen MR) is 115 cm³/mol. The zero-order valence-corrected chi connectivity index (χ0v) is 18.2. The Balaban J connectivity index is 1.36. The van der Waals surface area contributed by atoms with Gasteiger partial charge in [0.2, 0.25) is 5.91 Å². The third kappa shape index (κ3) is 2.95. The lowest BCUT2D eigenvalue weighted by molar-refractivity contribution is -0.181. The summed E-state index contributed by atoms with van der Waals surface area (Å²) in [4.78, 5) is 37.0. The average Bonchev–Trinajstić information content (AvgIpc) is 3.17. The molecule has 33 heavy (non-hydrogen) atoms. The molecule has 6 atom stereocenters. The second-order valence-electron chi connectivity index (χ2n) is 10.2. The molecule has 9 heteroatoms. The number of aromatic hydroxyl groups is 2. The van der Waals surface area contributed by atoms with Crippen LogP contribution in [0.4, 0.5) is 5.69 Å². The molecule has 0 radical (unpaired) electrons. The van der Waals surface area contributed by atoms with Crippen LogP contribution in [-0.4, -0.2) is 56.4 Å². The monoisotopic (exact) mass is 457 g/mol. The van der Waals surface area contributed by atoms with Crippen LogP contribution in [0.5, 0.6) is 11.5 Å². The lowest BCUT2D eigenvalue weighted by Gasteiger charge is -2.55. The Morgan fingerprint density at radius 1 is 1.27 bits per heavy atom. The first-order valence-electron chi connectivity index (χ1n) is 11.2. The molecule has 2 aliphatic heterocycles. The van der Waals surface area contributed by atoms with Crippen LogP contribution in [0.15, 0.2) is 24.3 Å². The first-order valence-corrected chi connectivity index (χ1v) is 11.2. The first kappa shape index (κ1) is 21.9. The molecule has 0 aromatic heterocycles. The summed E-state index contributed by atoms with van der Waals surface area (Å²) in [5.41, 5.74) is -2.44. The van der Waals surface area contributed by atoms with Gasteiger partial charge in [-0.25, -0.2) is 4.79 Å². The van der Waals surface area contributed by atoms with Crippen molar-refractivity contribution in [3.05, 3.63) is 29.8 Å². The lowest BCUT2D eigenvalue weighted by atomic mass is 9.51. The smallest absolute Gasteiger partial charge is 0.339 e. The van der Waals surface area contributed by atoms with E-state index in [2.05, 4.69) is 5.32 Å². The number of rotatable bonds is 6. The number of amides is 1. The minimum atomic E-state index is -1.40. The van der Waals surface area contributed by atoms with Gasteiger partial charge in [-0.2, -0.15) is 0 Å². The van der Waals surface area contributed by atoms with Crippen LogP contribution in [0.25, 0.3) is 0 Å². The second kappa shape index (κ2) is 7.04. The molecule has 6 rings (SSSR count). The Labute approximate surface area is 190 Å². The van der Waals surface area contributed by atoms with Gasteiger partial charge in [-0.3, -0.25) is 9.59 Å². The van der Waals surface area contributed by atoms with E-state index in [0.717, 1.165) is 25.0 Å². The van der Waals surface area contributed by atoms with Crippen molar-refractivity contribution in [3.63, 3.8) is 0 Å². The molecule has 1 aromatic rings. The number of hydrogen-bond acceptors (Lipinski definition) is 7. The summed E-state index contributed by atoms with van der Waals surface area (Å²) >= 11 is 0. The number of phenolic OH excluding ortho intramolecular Hbond substituents is 1. The van der Waals surface area contributed by atoms with Crippen molar-refractivity contribution < 1.29 is 39.5 Å². The highest BCUT2D eigenvalue weighted by Crippen LogP contribution is 2.71. The quantitative estimate of drug-likeness (QED) is 0.408. The molecule has 1 aromatic carbocycles. The fourth-order valence-corrected chi connectivity index (χ4v) is 7.11. The zero-order chi connectivity index (χ0) is 23.8. The van der Waals surface area contributed by atoms with Gasteiger partial charge in [0.25, 0.3) is 0 Å². The maximum atomic E-state index is 13.1. The Morgan fingerprint density at radius 2 is 2.03 bits per heavy atom. The van der Waals surface area contributed by atoms with Crippen molar-refractivity contribution in [2.45, 2.75) is 50.7 Å². The fourth-order valence-electron chi connectivity index (χ4n) is 7.11. The zero-order valence-electron chi connectivity index (χ0n) is 18.2. The van der Waals surface area contributed by atoms with Gasteiger partial charge in [0, 0.05) is 17.8 Å². The van der Waals surface area contributed by atoms with Gasteiger partial charge >= 0.3 is 5.97 Å². The van der Waals surface area contributed by atoms with E-state index in [9.17, 15) is 29.7 Å². The number of carbonyl (C=O) groups excluding carboxylic acids is 2. The maximum absolute atomic E-state index is 13.1. The van der Waals surface area contributed by atoms with Gasteiger partial charge in [0.1, 0.15) is 17.0 Å². The highest BCUT2D eigenvalue weighted by Gasteiger charge is 2.72. The number of benzene rings is 1. The van der Waals surface area contributed by atoms with Gasteiger partial charge in [-0.1, -0.05) is 13.0 Å². The molecule has 2 saturated carbocycles. The molecule has 4 fully saturated rings. The number of allylic oxidation sites excluding steroid dienone is 2. The molecule has 5 aliphatic rings. The van der Waals surface area contributed by atoms with E-state index in [1.807, 2.05) is 13.0 Å². The van der Waals surface area contributed by atoms with Crippen molar-refractivity contribution in [2.24, 2.45) is 22.7 Å². The number of aliphatic hydroxyl groups is 1. The third-order valence-corrected chi connectivity index (χ3v) is 8.50. The van der Waals surface area contributed by atoms with Crippen molar-refractivity contribution >= 4 is 23.3 Å². The number of nitrogens with one attached hydrogen (secondary N) is 1. The number of anilines is 1. The van der Waals surface area contributed by atoms with Gasteiger partial charge in [0.05, 0.1) is 18.3 Å². The average molecular weight is 457 g/mol. The number of ketones is 1. The molecule has 3 aliphatic carbocycles. The summed E-state index contributed by atoms with van der Waals surface area (Å²) in [5, 5.41) is 41.7. The molecular formula is C24H27NO8. The second-order valence-corrected chi connectivity index (χ2v) is 10.2. The van der Waals surface area contributed by atoms with Gasteiger partial charge in [-0.05, 0) is 55.2 Å². The number of carboxylic acids is 1. The SMILES string of the molecule is C[C@@]1(CCC(=O)Nc2c(O)ccc(C(=O)O)c2O)C(=O)C=C[C@]23C[C@H]4C[C@H](O[C@@]4(CO)C2)[C@H]31. The molecule has 2 heterocycles. The largest absolute Gasteiger partial charge is 0.506 e. The van der Waals surface area contributed by atoms with Gasteiger partial charge < -0.3 is 30.5 Å². The molecule has 176 valence electrons. The molecule has 2 saturated heterocycles. The number of ether oxygens (including phenoxy) is 1. The summed E-state index contributed by atoms with van der Waals surface area (Å²) in [6.45, 7) is 1.82. The molecule has 9 nitrogen and oxygen atoms in total. The minimum Gasteiger partial charge on any atom is -0.506 e. The van der Waals surface area contributed by atoms with Crippen molar-refractivity contribution in [3.8, 4) is 11.5 Å². The van der Waals surface area contributed by atoms with Crippen molar-refractivity contribution in [2.75, 3.05) is 11.9 Å². The number of carbonyl (C=O) groups is 3. The Kier molecular flexibility index (Phi) is 4.68. The van der Waals surface area contributed by atoms with E-state index in [1.165, 1.54) is 0 Å². The van der Waals surface area contributed by atoms with E-state index in [0.29, 0.717) is 6.42 Å². The summed E-state index contributed by atoms with van der Waals surface area (Å²) in [6, 6.07) is 2.12. The topological polar surface area (TPSA) is 153 Å². The Hall–Kier alpha value is -2.91. The lowest BCUT2D eigenvalue weighted by Crippen LogP contribution is -2.57. The van der Waals surface area contributed by atoms with E-state index in [-0.39, 0.29) is 54.3 Å². The molecule has 4 bridgehead atoms.